The van der Waals surface area contributed by atoms with Crippen molar-refractivity contribution in [2.75, 3.05) is 19.6 Å². The van der Waals surface area contributed by atoms with Crippen LogP contribution in [0.4, 0.5) is 0 Å². The Labute approximate surface area is 208 Å². The highest BCUT2D eigenvalue weighted by Crippen LogP contribution is 2.41. The number of hydrogen-bond acceptors (Lipinski definition) is 5. The Kier molecular flexibility index (Phi) is 8.20. The van der Waals surface area contributed by atoms with E-state index in [1.54, 1.807) is 12.1 Å². The first-order valence-electron chi connectivity index (χ1n) is 12.5. The number of piperidine rings is 1. The third kappa shape index (κ3) is 6.10. The van der Waals surface area contributed by atoms with Gasteiger partial charge in [0.2, 0.25) is 0 Å². The molecule has 178 valence electrons. The molecular weight excluding hydrogens is 434 g/mol. The van der Waals surface area contributed by atoms with Crippen LogP contribution >= 0.6 is 0 Å². The summed E-state index contributed by atoms with van der Waals surface area (Å²) in [5.74, 6) is 6.23. The summed E-state index contributed by atoms with van der Waals surface area (Å²) in [5, 5.41) is 19.4. The van der Waals surface area contributed by atoms with E-state index < -0.39 is 5.41 Å². The molecule has 0 bridgehead atoms. The molecule has 1 saturated heterocycles. The second-order valence-corrected chi connectivity index (χ2v) is 9.56. The summed E-state index contributed by atoms with van der Waals surface area (Å²) in [5.41, 5.74) is 1.55. The van der Waals surface area contributed by atoms with Crippen LogP contribution in [0.5, 0.6) is 0 Å². The van der Waals surface area contributed by atoms with Crippen LogP contribution in [-0.4, -0.2) is 36.6 Å². The lowest BCUT2D eigenvalue weighted by molar-refractivity contribution is -0.150. The van der Waals surface area contributed by atoms with Crippen molar-refractivity contribution < 1.29 is 9.53 Å². The third-order valence-electron chi connectivity index (χ3n) is 7.35. The van der Waals surface area contributed by atoms with Gasteiger partial charge in [-0.1, -0.05) is 42.2 Å². The molecule has 2 aromatic rings. The first-order valence-corrected chi connectivity index (χ1v) is 12.5. The quantitative estimate of drug-likeness (QED) is 0.445. The van der Waals surface area contributed by atoms with Gasteiger partial charge in [-0.05, 0) is 87.4 Å². The van der Waals surface area contributed by atoms with Gasteiger partial charge < -0.3 is 4.74 Å². The minimum atomic E-state index is -0.878. The van der Waals surface area contributed by atoms with E-state index >= 15 is 0 Å². The zero-order valence-corrected chi connectivity index (χ0v) is 20.1. The fourth-order valence-electron chi connectivity index (χ4n) is 5.34. The number of rotatable bonds is 6. The Morgan fingerprint density at radius 3 is 2.23 bits per heavy atom. The lowest BCUT2D eigenvalue weighted by atomic mass is 9.65. The summed E-state index contributed by atoms with van der Waals surface area (Å²) in [6.07, 6.45) is 5.84. The van der Waals surface area contributed by atoms with Gasteiger partial charge in [-0.15, -0.1) is 0 Å². The maximum Gasteiger partial charge on any atom is 0.308 e. The summed E-state index contributed by atoms with van der Waals surface area (Å²) < 4.78 is 5.78. The molecule has 4 rings (SSSR count). The van der Waals surface area contributed by atoms with E-state index in [1.807, 2.05) is 42.5 Å². The summed E-state index contributed by atoms with van der Waals surface area (Å²) in [6, 6.07) is 21.7. The summed E-state index contributed by atoms with van der Waals surface area (Å²) in [7, 11) is 0. The molecule has 1 aliphatic carbocycles. The number of nitrogens with zero attached hydrogens (tertiary/aromatic N) is 3. The monoisotopic (exact) mass is 465 g/mol. The molecule has 2 aromatic carbocycles. The van der Waals surface area contributed by atoms with Gasteiger partial charge in [0.1, 0.15) is 6.10 Å². The van der Waals surface area contributed by atoms with Crippen LogP contribution in [0.15, 0.2) is 54.6 Å². The molecule has 2 fully saturated rings. The van der Waals surface area contributed by atoms with Crippen LogP contribution in [0.3, 0.4) is 0 Å². The number of ether oxygens (including phenoxy) is 1. The minimum Gasteiger partial charge on any atom is -0.462 e. The van der Waals surface area contributed by atoms with Crippen molar-refractivity contribution in [2.45, 2.75) is 56.5 Å². The molecule has 35 heavy (non-hydrogen) atoms. The number of likely N-dealkylation sites (tertiary alicyclic amines) is 1. The number of esters is 1. The third-order valence-corrected chi connectivity index (χ3v) is 7.35. The standard InChI is InChI=1S/C30H31N3O2/c31-22-25-14-12-24(13-15-25)7-6-18-33-19-16-27(17-20-33)30(23-32,26-8-2-1-3-9-26)21-29(34)35-28-10-4-5-11-28/h1-3,8-9,12-15,27-28H,4-5,10-11,16-21H2/t30-/m0/s1. The number of carbonyl (C=O) groups excluding carboxylic acids is 1. The lowest BCUT2D eigenvalue weighted by Crippen LogP contribution is -2.44. The molecule has 1 aliphatic heterocycles. The first-order chi connectivity index (χ1) is 17.1. The minimum absolute atomic E-state index is 0.00573. The molecule has 5 heteroatoms. The van der Waals surface area contributed by atoms with Gasteiger partial charge in [0.15, 0.2) is 0 Å². The molecule has 1 saturated carbocycles. The fourth-order valence-corrected chi connectivity index (χ4v) is 5.34. The average molecular weight is 466 g/mol. The zero-order valence-electron chi connectivity index (χ0n) is 20.1. The number of hydrogen-bond donors (Lipinski definition) is 0. The van der Waals surface area contributed by atoms with E-state index in [1.165, 1.54) is 0 Å². The Morgan fingerprint density at radius 1 is 0.943 bits per heavy atom. The molecular formula is C30H31N3O2. The smallest absolute Gasteiger partial charge is 0.308 e. The Morgan fingerprint density at radius 2 is 1.60 bits per heavy atom. The number of benzene rings is 2. The molecule has 0 N–H and O–H groups in total. The van der Waals surface area contributed by atoms with E-state index in [-0.39, 0.29) is 24.4 Å². The predicted molar refractivity (Wildman–Crippen MR) is 134 cm³/mol. The summed E-state index contributed by atoms with van der Waals surface area (Å²) >= 11 is 0. The van der Waals surface area contributed by atoms with E-state index in [2.05, 4.69) is 28.9 Å². The van der Waals surface area contributed by atoms with Crippen molar-refractivity contribution in [3.05, 3.63) is 71.3 Å². The van der Waals surface area contributed by atoms with Gasteiger partial charge in [0, 0.05) is 5.56 Å². The second-order valence-electron chi connectivity index (χ2n) is 9.56. The molecule has 0 spiro atoms. The van der Waals surface area contributed by atoms with Crippen LogP contribution in [0.2, 0.25) is 0 Å². The second kappa shape index (κ2) is 11.7. The highest BCUT2D eigenvalue weighted by molar-refractivity contribution is 5.73. The topological polar surface area (TPSA) is 77.1 Å². The molecule has 1 atom stereocenters. The van der Waals surface area contributed by atoms with Crippen LogP contribution in [0.25, 0.3) is 0 Å². The van der Waals surface area contributed by atoms with Crippen molar-refractivity contribution in [2.24, 2.45) is 5.92 Å². The van der Waals surface area contributed by atoms with Gasteiger partial charge in [-0.3, -0.25) is 9.69 Å². The summed E-state index contributed by atoms with van der Waals surface area (Å²) in [4.78, 5) is 15.3. The van der Waals surface area contributed by atoms with E-state index in [0.717, 1.165) is 62.7 Å². The molecule has 0 aromatic heterocycles. The molecule has 2 aliphatic rings. The van der Waals surface area contributed by atoms with Gasteiger partial charge in [-0.2, -0.15) is 10.5 Å². The normalized spacial score (nSPS) is 18.5. The van der Waals surface area contributed by atoms with Crippen molar-refractivity contribution in [1.29, 1.82) is 10.5 Å². The molecule has 5 nitrogen and oxygen atoms in total. The molecule has 0 amide bonds. The molecule has 0 radical (unpaired) electrons. The van der Waals surface area contributed by atoms with E-state index in [0.29, 0.717) is 12.1 Å². The maximum atomic E-state index is 13.0. The van der Waals surface area contributed by atoms with Gasteiger partial charge in [-0.25, -0.2) is 0 Å². The van der Waals surface area contributed by atoms with Gasteiger partial charge in [0.05, 0.1) is 36.1 Å². The average Bonchev–Trinajstić information content (AvgIpc) is 3.41. The lowest BCUT2D eigenvalue weighted by Gasteiger charge is -2.40. The Hall–Kier alpha value is -3.59. The van der Waals surface area contributed by atoms with Crippen molar-refractivity contribution >= 4 is 5.97 Å². The molecule has 1 heterocycles. The van der Waals surface area contributed by atoms with Gasteiger partial charge >= 0.3 is 5.97 Å². The fraction of sp³-hybridized carbons (Fsp3) is 0.433. The number of nitriles is 2. The van der Waals surface area contributed by atoms with Crippen LogP contribution in [0, 0.1) is 40.4 Å². The van der Waals surface area contributed by atoms with E-state index in [9.17, 15) is 10.1 Å². The van der Waals surface area contributed by atoms with Crippen LogP contribution in [0.1, 0.15) is 61.6 Å². The highest BCUT2D eigenvalue weighted by Gasteiger charge is 2.44. The Bertz CT molecular complexity index is 1140. The first kappa shape index (κ1) is 24.5. The van der Waals surface area contributed by atoms with Crippen LogP contribution < -0.4 is 0 Å². The number of carbonyl (C=O) groups is 1. The molecule has 0 unspecified atom stereocenters. The zero-order chi connectivity index (χ0) is 24.5. The predicted octanol–water partition coefficient (Wildman–Crippen LogP) is 4.96. The maximum absolute atomic E-state index is 13.0. The van der Waals surface area contributed by atoms with Crippen molar-refractivity contribution in [3.8, 4) is 24.0 Å². The van der Waals surface area contributed by atoms with Crippen molar-refractivity contribution in [1.82, 2.24) is 4.90 Å². The van der Waals surface area contributed by atoms with E-state index in [4.69, 9.17) is 10.00 Å². The Balaban J connectivity index is 1.41. The van der Waals surface area contributed by atoms with Crippen LogP contribution in [-0.2, 0) is 14.9 Å². The van der Waals surface area contributed by atoms with Gasteiger partial charge in [0.25, 0.3) is 0 Å². The van der Waals surface area contributed by atoms with Crippen molar-refractivity contribution in [3.63, 3.8) is 0 Å². The highest BCUT2D eigenvalue weighted by atomic mass is 16.5. The summed E-state index contributed by atoms with van der Waals surface area (Å²) in [6.45, 7) is 2.32. The SMILES string of the molecule is N#Cc1ccc(C#CCN2CCC([C@](C#N)(CC(=O)OC3CCCC3)c3ccccc3)CC2)cc1. The largest absolute Gasteiger partial charge is 0.462 e.